The van der Waals surface area contributed by atoms with Gasteiger partial charge in [0.25, 0.3) is 0 Å². The number of ether oxygens (including phenoxy) is 1. The highest BCUT2D eigenvalue weighted by molar-refractivity contribution is 6.83. The average Bonchev–Trinajstić information content (AvgIpc) is 2.21. The number of carbonyl (C=O) groups is 1. The standard InChI is InChI=1S/C15H30O2Si/c1-11(2)15(16)17-9-10-18(12(3)4,13(5)6)14(7)8/h12-14H,1,9-10H2,2-8H3. The molecule has 0 aromatic carbocycles. The third-order valence-corrected chi connectivity index (χ3v) is 11.9. The minimum absolute atomic E-state index is 0.255. The van der Waals surface area contributed by atoms with Gasteiger partial charge in [-0.2, -0.15) is 0 Å². The summed E-state index contributed by atoms with van der Waals surface area (Å²) < 4.78 is 5.31. The predicted octanol–water partition coefficient (Wildman–Crippen LogP) is 4.78. The molecule has 0 N–H and O–H groups in total. The molecule has 0 aliphatic heterocycles. The Balaban J connectivity index is 4.72. The van der Waals surface area contributed by atoms with Crippen molar-refractivity contribution in [1.82, 2.24) is 0 Å². The lowest BCUT2D eigenvalue weighted by Gasteiger charge is -2.43. The summed E-state index contributed by atoms with van der Waals surface area (Å²) >= 11 is 0. The second-order valence-electron chi connectivity index (χ2n) is 6.24. The summed E-state index contributed by atoms with van der Waals surface area (Å²) in [5, 5.41) is 0. The van der Waals surface area contributed by atoms with Gasteiger partial charge >= 0.3 is 5.97 Å². The van der Waals surface area contributed by atoms with Crippen LogP contribution in [0.4, 0.5) is 0 Å². The molecule has 3 heteroatoms. The van der Waals surface area contributed by atoms with Crippen molar-refractivity contribution in [2.24, 2.45) is 0 Å². The molecule has 0 atom stereocenters. The van der Waals surface area contributed by atoms with Crippen molar-refractivity contribution in [3.05, 3.63) is 12.2 Å². The number of hydrogen-bond donors (Lipinski definition) is 0. The average molecular weight is 270 g/mol. The molecule has 2 nitrogen and oxygen atoms in total. The zero-order valence-corrected chi connectivity index (χ0v) is 14.2. The van der Waals surface area contributed by atoms with Crippen molar-refractivity contribution in [1.29, 1.82) is 0 Å². The molecule has 0 aromatic rings. The van der Waals surface area contributed by atoms with E-state index >= 15 is 0 Å². The van der Waals surface area contributed by atoms with Crippen molar-refractivity contribution in [3.8, 4) is 0 Å². The van der Waals surface area contributed by atoms with E-state index in [4.69, 9.17) is 4.74 Å². The van der Waals surface area contributed by atoms with Gasteiger partial charge in [-0.1, -0.05) is 64.7 Å². The maximum absolute atomic E-state index is 11.4. The van der Waals surface area contributed by atoms with Crippen molar-refractivity contribution >= 4 is 14.0 Å². The van der Waals surface area contributed by atoms with Crippen LogP contribution in [-0.4, -0.2) is 20.7 Å². The molecule has 0 heterocycles. The van der Waals surface area contributed by atoms with Crippen molar-refractivity contribution in [3.63, 3.8) is 0 Å². The van der Waals surface area contributed by atoms with Gasteiger partial charge in [0.15, 0.2) is 0 Å². The molecule has 0 rings (SSSR count). The van der Waals surface area contributed by atoms with Crippen molar-refractivity contribution < 1.29 is 9.53 Å². The minimum atomic E-state index is -1.44. The first-order valence-corrected chi connectivity index (χ1v) is 9.42. The highest BCUT2D eigenvalue weighted by Crippen LogP contribution is 2.44. The van der Waals surface area contributed by atoms with Crippen LogP contribution in [0.3, 0.4) is 0 Å². The van der Waals surface area contributed by atoms with E-state index < -0.39 is 8.07 Å². The molecule has 18 heavy (non-hydrogen) atoms. The SMILES string of the molecule is C=C(C)C(=O)OCC[Si](C(C)C)(C(C)C)C(C)C. The van der Waals surface area contributed by atoms with Gasteiger partial charge in [0.05, 0.1) is 14.7 Å². The molecule has 0 radical (unpaired) electrons. The fourth-order valence-electron chi connectivity index (χ4n) is 3.31. The first-order chi connectivity index (χ1) is 8.16. The van der Waals surface area contributed by atoms with E-state index in [1.165, 1.54) is 0 Å². The van der Waals surface area contributed by atoms with Gasteiger partial charge in [-0.3, -0.25) is 0 Å². The lowest BCUT2D eigenvalue weighted by molar-refractivity contribution is -0.138. The lowest BCUT2D eigenvalue weighted by atomic mass is 10.4. The Bertz CT molecular complexity index is 271. The van der Waals surface area contributed by atoms with Crippen LogP contribution in [0, 0.1) is 0 Å². The maximum Gasteiger partial charge on any atom is 0.333 e. The van der Waals surface area contributed by atoms with Gasteiger partial charge in [0, 0.05) is 5.57 Å². The Hall–Kier alpha value is -0.573. The van der Waals surface area contributed by atoms with Crippen molar-refractivity contribution in [2.75, 3.05) is 6.61 Å². The largest absolute Gasteiger partial charge is 0.463 e. The Morgan fingerprint density at radius 2 is 1.44 bits per heavy atom. The van der Waals surface area contributed by atoms with Crippen LogP contribution in [-0.2, 0) is 9.53 Å². The van der Waals surface area contributed by atoms with Gasteiger partial charge in [0.1, 0.15) is 0 Å². The molecular weight excluding hydrogens is 240 g/mol. The summed E-state index contributed by atoms with van der Waals surface area (Å²) in [6, 6.07) is 1.05. The molecule has 106 valence electrons. The summed E-state index contributed by atoms with van der Waals surface area (Å²) in [5.74, 6) is -0.255. The zero-order valence-electron chi connectivity index (χ0n) is 13.2. The Morgan fingerprint density at radius 3 is 1.72 bits per heavy atom. The molecule has 0 unspecified atom stereocenters. The number of rotatable bonds is 7. The van der Waals surface area contributed by atoms with E-state index in [0.29, 0.717) is 28.8 Å². The van der Waals surface area contributed by atoms with E-state index in [9.17, 15) is 4.79 Å². The van der Waals surface area contributed by atoms with Crippen LogP contribution < -0.4 is 0 Å². The van der Waals surface area contributed by atoms with Crippen LogP contribution in [0.15, 0.2) is 12.2 Å². The van der Waals surface area contributed by atoms with Gasteiger partial charge in [-0.25, -0.2) is 4.79 Å². The molecule has 0 aliphatic rings. The minimum Gasteiger partial charge on any atom is -0.463 e. The highest BCUT2D eigenvalue weighted by atomic mass is 28.3. The number of esters is 1. The molecular formula is C15H30O2Si. The third-order valence-electron chi connectivity index (χ3n) is 4.34. The smallest absolute Gasteiger partial charge is 0.333 e. The van der Waals surface area contributed by atoms with Crippen LogP contribution >= 0.6 is 0 Å². The van der Waals surface area contributed by atoms with Crippen LogP contribution in [0.5, 0.6) is 0 Å². The lowest BCUT2D eigenvalue weighted by Crippen LogP contribution is -2.45. The summed E-state index contributed by atoms with van der Waals surface area (Å²) in [5.41, 5.74) is 2.61. The molecule has 0 fully saturated rings. The van der Waals surface area contributed by atoms with Gasteiger partial charge in [-0.15, -0.1) is 0 Å². The monoisotopic (exact) mass is 270 g/mol. The first-order valence-electron chi connectivity index (χ1n) is 6.98. The first kappa shape index (κ1) is 17.4. The van der Waals surface area contributed by atoms with Gasteiger partial charge in [0.2, 0.25) is 0 Å². The molecule has 0 aromatic heterocycles. The highest BCUT2D eigenvalue weighted by Gasteiger charge is 2.42. The summed E-state index contributed by atoms with van der Waals surface area (Å²) in [6.45, 7) is 19.8. The fraction of sp³-hybridized carbons (Fsp3) is 0.800. The maximum atomic E-state index is 11.4. The Labute approximate surface area is 114 Å². The molecule has 0 aliphatic carbocycles. The molecule has 0 saturated carbocycles. The number of hydrogen-bond acceptors (Lipinski definition) is 2. The van der Waals surface area contributed by atoms with E-state index in [0.717, 1.165) is 6.04 Å². The summed E-state index contributed by atoms with van der Waals surface area (Å²) in [7, 11) is -1.44. The van der Waals surface area contributed by atoms with Gasteiger partial charge < -0.3 is 4.74 Å². The van der Waals surface area contributed by atoms with Crippen LogP contribution in [0.2, 0.25) is 22.7 Å². The van der Waals surface area contributed by atoms with Crippen molar-refractivity contribution in [2.45, 2.75) is 71.1 Å². The number of carbonyl (C=O) groups excluding carboxylic acids is 1. The van der Waals surface area contributed by atoms with E-state index in [1.807, 2.05) is 0 Å². The summed E-state index contributed by atoms with van der Waals surface area (Å²) in [6.07, 6.45) is 0. The molecule has 0 spiro atoms. The van der Waals surface area contributed by atoms with E-state index in [2.05, 4.69) is 48.1 Å². The normalized spacial score (nSPS) is 12.3. The topological polar surface area (TPSA) is 26.3 Å². The zero-order chi connectivity index (χ0) is 14.5. The second kappa shape index (κ2) is 7.12. The Morgan fingerprint density at radius 1 is 1.06 bits per heavy atom. The van der Waals surface area contributed by atoms with Crippen LogP contribution in [0.25, 0.3) is 0 Å². The fourth-order valence-corrected chi connectivity index (χ4v) is 9.50. The van der Waals surface area contributed by atoms with E-state index in [-0.39, 0.29) is 5.97 Å². The molecule has 0 bridgehead atoms. The van der Waals surface area contributed by atoms with Crippen LogP contribution in [0.1, 0.15) is 48.5 Å². The predicted molar refractivity (Wildman–Crippen MR) is 81.6 cm³/mol. The second-order valence-corrected chi connectivity index (χ2v) is 12.4. The summed E-state index contributed by atoms with van der Waals surface area (Å²) in [4.78, 5) is 11.4. The molecule has 0 saturated heterocycles. The van der Waals surface area contributed by atoms with Gasteiger partial charge in [-0.05, 0) is 13.0 Å². The third kappa shape index (κ3) is 3.97. The quantitative estimate of drug-likeness (QED) is 0.378. The molecule has 0 amide bonds. The van der Waals surface area contributed by atoms with E-state index in [1.54, 1.807) is 6.92 Å². The Kier molecular flexibility index (Phi) is 6.90.